The third-order valence-corrected chi connectivity index (χ3v) is 4.09. The summed E-state index contributed by atoms with van der Waals surface area (Å²) in [6.45, 7) is 3.42. The Hall–Kier alpha value is -1.26. The SMILES string of the molecule is Cl.O=C1OCCC2(CCN(Cc3ccccc3)CC2)O1. The van der Waals surface area contributed by atoms with Gasteiger partial charge in [0.25, 0.3) is 0 Å². The number of rotatable bonds is 2. The van der Waals surface area contributed by atoms with Gasteiger partial charge in [0, 0.05) is 38.9 Å². The van der Waals surface area contributed by atoms with Gasteiger partial charge in [0.1, 0.15) is 5.60 Å². The first-order chi connectivity index (χ1) is 9.26. The average Bonchev–Trinajstić information content (AvgIpc) is 2.43. The second-order valence-corrected chi connectivity index (χ2v) is 5.40. The number of ether oxygens (including phenoxy) is 2. The minimum atomic E-state index is -0.497. The van der Waals surface area contributed by atoms with Crippen molar-refractivity contribution in [1.82, 2.24) is 4.90 Å². The summed E-state index contributed by atoms with van der Waals surface area (Å²) in [6, 6.07) is 10.5. The Kier molecular flexibility index (Phi) is 4.89. The van der Waals surface area contributed by atoms with E-state index in [1.807, 2.05) is 6.07 Å². The molecular weight excluding hydrogens is 278 g/mol. The Morgan fingerprint density at radius 3 is 2.45 bits per heavy atom. The Labute approximate surface area is 125 Å². The van der Waals surface area contributed by atoms with E-state index in [0.717, 1.165) is 38.9 Å². The van der Waals surface area contributed by atoms with Crippen LogP contribution in [-0.4, -0.2) is 36.4 Å². The van der Waals surface area contributed by atoms with Crippen LogP contribution in [0.5, 0.6) is 0 Å². The van der Waals surface area contributed by atoms with Crippen molar-refractivity contribution in [3.05, 3.63) is 35.9 Å². The second kappa shape index (κ2) is 6.46. The lowest BCUT2D eigenvalue weighted by molar-refractivity contribution is -0.111. The van der Waals surface area contributed by atoms with E-state index in [9.17, 15) is 4.79 Å². The molecule has 1 aromatic rings. The first kappa shape index (κ1) is 15.1. The van der Waals surface area contributed by atoms with Crippen LogP contribution >= 0.6 is 12.4 Å². The molecule has 0 saturated carbocycles. The first-order valence-electron chi connectivity index (χ1n) is 6.88. The van der Waals surface area contributed by atoms with Gasteiger partial charge in [0.15, 0.2) is 0 Å². The molecule has 1 spiro atoms. The molecule has 3 rings (SSSR count). The summed E-state index contributed by atoms with van der Waals surface area (Å²) in [5.41, 5.74) is 1.07. The molecule has 1 aromatic carbocycles. The van der Waals surface area contributed by atoms with Crippen LogP contribution in [0, 0.1) is 0 Å². The Morgan fingerprint density at radius 2 is 1.80 bits per heavy atom. The highest BCUT2D eigenvalue weighted by Crippen LogP contribution is 2.33. The van der Waals surface area contributed by atoms with E-state index in [0.29, 0.717) is 6.61 Å². The number of nitrogens with zero attached hydrogens (tertiary/aromatic N) is 1. The lowest BCUT2D eigenvalue weighted by atomic mass is 9.87. The maximum Gasteiger partial charge on any atom is 0.508 e. The van der Waals surface area contributed by atoms with Gasteiger partial charge >= 0.3 is 6.16 Å². The highest BCUT2D eigenvalue weighted by atomic mass is 35.5. The van der Waals surface area contributed by atoms with Crippen LogP contribution in [0.15, 0.2) is 30.3 Å². The Balaban J connectivity index is 0.00000147. The number of hydrogen-bond donors (Lipinski definition) is 0. The smallest absolute Gasteiger partial charge is 0.434 e. The second-order valence-electron chi connectivity index (χ2n) is 5.40. The predicted molar refractivity (Wildman–Crippen MR) is 78.0 cm³/mol. The predicted octanol–water partition coefficient (Wildman–Crippen LogP) is 3.00. The summed E-state index contributed by atoms with van der Waals surface area (Å²) in [7, 11) is 0. The summed E-state index contributed by atoms with van der Waals surface area (Å²) < 4.78 is 10.3. The molecule has 0 amide bonds. The van der Waals surface area contributed by atoms with Crippen molar-refractivity contribution in [2.45, 2.75) is 31.4 Å². The molecule has 0 aromatic heterocycles. The molecule has 0 aliphatic carbocycles. The number of carbonyl (C=O) groups is 1. The molecule has 0 unspecified atom stereocenters. The van der Waals surface area contributed by atoms with Crippen LogP contribution in [0.2, 0.25) is 0 Å². The normalized spacial score (nSPS) is 21.7. The molecule has 20 heavy (non-hydrogen) atoms. The van der Waals surface area contributed by atoms with Crippen molar-refractivity contribution in [2.75, 3.05) is 19.7 Å². The lowest BCUT2D eigenvalue weighted by Gasteiger charge is -2.42. The number of hydrogen-bond acceptors (Lipinski definition) is 4. The number of benzene rings is 1. The van der Waals surface area contributed by atoms with Crippen LogP contribution in [0.3, 0.4) is 0 Å². The molecule has 5 heteroatoms. The van der Waals surface area contributed by atoms with E-state index < -0.39 is 6.16 Å². The van der Waals surface area contributed by atoms with Crippen molar-refractivity contribution in [3.8, 4) is 0 Å². The fourth-order valence-corrected chi connectivity index (χ4v) is 2.89. The topological polar surface area (TPSA) is 38.8 Å². The number of cyclic esters (lactones) is 1. The van der Waals surface area contributed by atoms with Crippen LogP contribution in [-0.2, 0) is 16.0 Å². The highest BCUT2D eigenvalue weighted by Gasteiger charge is 2.41. The van der Waals surface area contributed by atoms with Gasteiger partial charge in [-0.3, -0.25) is 4.90 Å². The molecule has 2 aliphatic heterocycles. The zero-order chi connectivity index (χ0) is 13.1. The van der Waals surface area contributed by atoms with Crippen molar-refractivity contribution >= 4 is 18.6 Å². The van der Waals surface area contributed by atoms with Gasteiger partial charge in [-0.15, -0.1) is 12.4 Å². The van der Waals surface area contributed by atoms with Crippen molar-refractivity contribution < 1.29 is 14.3 Å². The quantitative estimate of drug-likeness (QED) is 0.787. The molecule has 0 bridgehead atoms. The van der Waals surface area contributed by atoms with Crippen molar-refractivity contribution in [2.24, 2.45) is 0 Å². The zero-order valence-corrected chi connectivity index (χ0v) is 12.2. The number of likely N-dealkylation sites (tertiary alicyclic amines) is 1. The molecular formula is C15H20ClNO3. The van der Waals surface area contributed by atoms with Gasteiger partial charge in [-0.05, 0) is 5.56 Å². The Bertz CT molecular complexity index is 444. The van der Waals surface area contributed by atoms with E-state index in [1.165, 1.54) is 5.56 Å². The van der Waals surface area contributed by atoms with Gasteiger partial charge in [0.05, 0.1) is 6.61 Å². The number of piperidine rings is 1. The van der Waals surface area contributed by atoms with Gasteiger partial charge in [-0.25, -0.2) is 4.79 Å². The standard InChI is InChI=1S/C15H19NO3.ClH/c17-14-18-11-8-15(19-14)6-9-16(10-7-15)12-13-4-2-1-3-5-13;/h1-5H,6-12H2;1H. The van der Waals surface area contributed by atoms with E-state index in [2.05, 4.69) is 29.2 Å². The fourth-order valence-electron chi connectivity index (χ4n) is 2.89. The van der Waals surface area contributed by atoms with Gasteiger partial charge in [0.2, 0.25) is 0 Å². The zero-order valence-electron chi connectivity index (χ0n) is 11.4. The van der Waals surface area contributed by atoms with Crippen LogP contribution in [0.25, 0.3) is 0 Å². The van der Waals surface area contributed by atoms with Crippen molar-refractivity contribution in [1.29, 1.82) is 0 Å². The molecule has 2 saturated heterocycles. The molecule has 0 N–H and O–H groups in total. The lowest BCUT2D eigenvalue weighted by Crippen LogP contribution is -2.49. The molecule has 2 aliphatic rings. The largest absolute Gasteiger partial charge is 0.508 e. The first-order valence-corrected chi connectivity index (χ1v) is 6.88. The van der Waals surface area contributed by atoms with Crippen LogP contribution in [0.1, 0.15) is 24.8 Å². The average molecular weight is 298 g/mol. The number of halogens is 1. The van der Waals surface area contributed by atoms with Gasteiger partial charge in [-0.2, -0.15) is 0 Å². The summed E-state index contributed by atoms with van der Waals surface area (Å²) in [5, 5.41) is 0. The molecule has 110 valence electrons. The minimum absolute atomic E-state index is 0. The monoisotopic (exact) mass is 297 g/mol. The van der Waals surface area contributed by atoms with Crippen LogP contribution < -0.4 is 0 Å². The summed E-state index contributed by atoms with van der Waals surface area (Å²) in [4.78, 5) is 13.7. The van der Waals surface area contributed by atoms with E-state index in [4.69, 9.17) is 9.47 Å². The maximum absolute atomic E-state index is 11.3. The van der Waals surface area contributed by atoms with Crippen LogP contribution in [0.4, 0.5) is 4.79 Å². The molecule has 0 atom stereocenters. The summed E-state index contributed by atoms with van der Waals surface area (Å²) >= 11 is 0. The number of carbonyl (C=O) groups excluding carboxylic acids is 1. The maximum atomic E-state index is 11.3. The van der Waals surface area contributed by atoms with Gasteiger partial charge < -0.3 is 9.47 Å². The van der Waals surface area contributed by atoms with Gasteiger partial charge in [-0.1, -0.05) is 30.3 Å². The summed E-state index contributed by atoms with van der Waals surface area (Å²) in [5.74, 6) is 0. The summed E-state index contributed by atoms with van der Waals surface area (Å²) in [6.07, 6.45) is 2.16. The van der Waals surface area contributed by atoms with E-state index in [-0.39, 0.29) is 18.0 Å². The van der Waals surface area contributed by atoms with E-state index >= 15 is 0 Å². The minimum Gasteiger partial charge on any atom is -0.434 e. The van der Waals surface area contributed by atoms with Crippen molar-refractivity contribution in [3.63, 3.8) is 0 Å². The molecule has 4 nitrogen and oxygen atoms in total. The molecule has 0 radical (unpaired) electrons. The third kappa shape index (κ3) is 3.44. The molecule has 2 heterocycles. The molecule has 2 fully saturated rings. The van der Waals surface area contributed by atoms with E-state index in [1.54, 1.807) is 0 Å². The Morgan fingerprint density at radius 1 is 1.10 bits per heavy atom. The highest BCUT2D eigenvalue weighted by molar-refractivity contribution is 5.85. The fraction of sp³-hybridized carbons (Fsp3) is 0.533. The third-order valence-electron chi connectivity index (χ3n) is 4.09.